The molecule has 0 radical (unpaired) electrons. The molecular formula is C11H17N3O2. The average molecular weight is 223 g/mol. The molecule has 1 unspecified atom stereocenters. The first-order valence-electron chi connectivity index (χ1n) is 5.20. The Balaban J connectivity index is 2.82. The molecule has 0 aliphatic rings. The van der Waals surface area contributed by atoms with Crippen LogP contribution in [0.2, 0.25) is 0 Å². The summed E-state index contributed by atoms with van der Waals surface area (Å²) in [5.74, 6) is 0. The van der Waals surface area contributed by atoms with Gasteiger partial charge >= 0.3 is 0 Å². The van der Waals surface area contributed by atoms with E-state index in [4.69, 9.17) is 0 Å². The van der Waals surface area contributed by atoms with Gasteiger partial charge in [-0.15, -0.1) is 0 Å². The summed E-state index contributed by atoms with van der Waals surface area (Å²) >= 11 is 0. The van der Waals surface area contributed by atoms with Crippen molar-refractivity contribution in [1.82, 2.24) is 5.32 Å². The van der Waals surface area contributed by atoms with E-state index in [1.165, 1.54) is 0 Å². The Morgan fingerprint density at radius 1 is 1.50 bits per heavy atom. The SMILES string of the molecule is CNC(C)CNc1ccc(C)cc1[N+](=O)[O-]. The van der Waals surface area contributed by atoms with Crippen molar-refractivity contribution in [2.45, 2.75) is 19.9 Å². The molecule has 2 N–H and O–H groups in total. The van der Waals surface area contributed by atoms with Crippen molar-refractivity contribution in [2.24, 2.45) is 0 Å². The van der Waals surface area contributed by atoms with Crippen molar-refractivity contribution in [2.75, 3.05) is 18.9 Å². The number of rotatable bonds is 5. The molecule has 1 aromatic rings. The van der Waals surface area contributed by atoms with Gasteiger partial charge in [0, 0.05) is 18.7 Å². The van der Waals surface area contributed by atoms with Gasteiger partial charge in [0.15, 0.2) is 0 Å². The average Bonchev–Trinajstić information content (AvgIpc) is 2.26. The van der Waals surface area contributed by atoms with E-state index in [1.54, 1.807) is 12.1 Å². The monoisotopic (exact) mass is 223 g/mol. The van der Waals surface area contributed by atoms with Gasteiger partial charge < -0.3 is 10.6 Å². The zero-order valence-corrected chi connectivity index (χ0v) is 9.78. The van der Waals surface area contributed by atoms with E-state index in [0.717, 1.165) is 5.56 Å². The number of nitro groups is 1. The lowest BCUT2D eigenvalue weighted by Gasteiger charge is -2.12. The number of hydrogen-bond donors (Lipinski definition) is 2. The molecule has 0 amide bonds. The normalized spacial score (nSPS) is 12.2. The van der Waals surface area contributed by atoms with Gasteiger partial charge in [0.2, 0.25) is 0 Å². The first-order valence-corrected chi connectivity index (χ1v) is 5.20. The van der Waals surface area contributed by atoms with Gasteiger partial charge in [-0.05, 0) is 32.5 Å². The van der Waals surface area contributed by atoms with Crippen LogP contribution in [0.25, 0.3) is 0 Å². The zero-order valence-electron chi connectivity index (χ0n) is 9.78. The standard InChI is InChI=1S/C11H17N3O2/c1-8-4-5-10(11(6-8)14(15)16)13-7-9(2)12-3/h4-6,9,12-13H,7H2,1-3H3. The molecule has 0 aliphatic heterocycles. The van der Waals surface area contributed by atoms with Crippen LogP contribution in [0.1, 0.15) is 12.5 Å². The Bertz CT molecular complexity index is 379. The predicted octanol–water partition coefficient (Wildman–Crippen LogP) is 1.92. The van der Waals surface area contributed by atoms with E-state index in [2.05, 4.69) is 10.6 Å². The number of nitro benzene ring substituents is 1. The van der Waals surface area contributed by atoms with E-state index in [1.807, 2.05) is 27.0 Å². The summed E-state index contributed by atoms with van der Waals surface area (Å²) < 4.78 is 0. The van der Waals surface area contributed by atoms with Gasteiger partial charge in [0.05, 0.1) is 4.92 Å². The molecule has 88 valence electrons. The van der Waals surface area contributed by atoms with Gasteiger partial charge in [0.1, 0.15) is 5.69 Å². The number of nitrogens with one attached hydrogen (secondary N) is 2. The molecule has 1 aromatic carbocycles. The topological polar surface area (TPSA) is 67.2 Å². The third-order valence-electron chi connectivity index (χ3n) is 2.44. The van der Waals surface area contributed by atoms with Gasteiger partial charge in [-0.25, -0.2) is 0 Å². The number of aryl methyl sites for hydroxylation is 1. The Morgan fingerprint density at radius 2 is 2.19 bits per heavy atom. The second-order valence-electron chi connectivity index (χ2n) is 3.85. The van der Waals surface area contributed by atoms with Crippen LogP contribution < -0.4 is 10.6 Å². The molecule has 0 saturated heterocycles. The lowest BCUT2D eigenvalue weighted by atomic mass is 10.2. The van der Waals surface area contributed by atoms with Crippen molar-refractivity contribution in [1.29, 1.82) is 0 Å². The Morgan fingerprint density at radius 3 is 2.75 bits per heavy atom. The molecule has 0 saturated carbocycles. The summed E-state index contributed by atoms with van der Waals surface area (Å²) in [6.07, 6.45) is 0. The smallest absolute Gasteiger partial charge is 0.292 e. The molecule has 0 heterocycles. The minimum Gasteiger partial charge on any atom is -0.378 e. The summed E-state index contributed by atoms with van der Waals surface area (Å²) in [5, 5.41) is 17.0. The van der Waals surface area contributed by atoms with Gasteiger partial charge in [-0.2, -0.15) is 0 Å². The Hall–Kier alpha value is -1.62. The van der Waals surface area contributed by atoms with Crippen LogP contribution in [0, 0.1) is 17.0 Å². The molecule has 0 fully saturated rings. The lowest BCUT2D eigenvalue weighted by Crippen LogP contribution is -2.29. The van der Waals surface area contributed by atoms with Crippen LogP contribution >= 0.6 is 0 Å². The lowest BCUT2D eigenvalue weighted by molar-refractivity contribution is -0.384. The van der Waals surface area contributed by atoms with Gasteiger partial charge in [-0.3, -0.25) is 10.1 Å². The van der Waals surface area contributed by atoms with E-state index >= 15 is 0 Å². The second-order valence-corrected chi connectivity index (χ2v) is 3.85. The summed E-state index contributed by atoms with van der Waals surface area (Å²) in [7, 11) is 1.86. The maximum atomic E-state index is 10.8. The Labute approximate surface area is 95.0 Å². The molecule has 1 atom stereocenters. The van der Waals surface area contributed by atoms with Crippen LogP contribution in [0.15, 0.2) is 18.2 Å². The minimum atomic E-state index is -0.362. The van der Waals surface area contributed by atoms with Crippen molar-refractivity contribution in [3.8, 4) is 0 Å². The fraction of sp³-hybridized carbons (Fsp3) is 0.455. The summed E-state index contributed by atoms with van der Waals surface area (Å²) in [6, 6.07) is 5.45. The highest BCUT2D eigenvalue weighted by Gasteiger charge is 2.13. The molecular weight excluding hydrogens is 206 g/mol. The number of likely N-dealkylation sites (N-methyl/N-ethyl adjacent to an activating group) is 1. The third-order valence-corrected chi connectivity index (χ3v) is 2.44. The largest absolute Gasteiger partial charge is 0.378 e. The maximum absolute atomic E-state index is 10.8. The van der Waals surface area contributed by atoms with Gasteiger partial charge in [0.25, 0.3) is 5.69 Å². The number of benzene rings is 1. The maximum Gasteiger partial charge on any atom is 0.292 e. The third kappa shape index (κ3) is 3.20. The molecule has 1 rings (SSSR count). The van der Waals surface area contributed by atoms with E-state index in [0.29, 0.717) is 12.2 Å². The number of hydrogen-bond acceptors (Lipinski definition) is 4. The highest BCUT2D eigenvalue weighted by Crippen LogP contribution is 2.24. The number of nitrogens with zero attached hydrogens (tertiary/aromatic N) is 1. The highest BCUT2D eigenvalue weighted by molar-refractivity contribution is 5.62. The van der Waals surface area contributed by atoms with Crippen LogP contribution in [-0.4, -0.2) is 24.6 Å². The van der Waals surface area contributed by atoms with E-state index in [9.17, 15) is 10.1 Å². The van der Waals surface area contributed by atoms with Gasteiger partial charge in [-0.1, -0.05) is 6.07 Å². The molecule has 16 heavy (non-hydrogen) atoms. The molecule has 0 bridgehead atoms. The van der Waals surface area contributed by atoms with E-state index < -0.39 is 0 Å². The molecule has 0 aliphatic carbocycles. The fourth-order valence-corrected chi connectivity index (χ4v) is 1.31. The molecule has 0 aromatic heterocycles. The second kappa shape index (κ2) is 5.46. The first kappa shape index (κ1) is 12.4. The highest BCUT2D eigenvalue weighted by atomic mass is 16.6. The summed E-state index contributed by atoms with van der Waals surface area (Å²) in [5.41, 5.74) is 1.58. The Kier molecular flexibility index (Phi) is 4.25. The van der Waals surface area contributed by atoms with Crippen LogP contribution in [0.4, 0.5) is 11.4 Å². The molecule has 5 heteroatoms. The quantitative estimate of drug-likeness (QED) is 0.591. The van der Waals surface area contributed by atoms with Crippen molar-refractivity contribution < 1.29 is 4.92 Å². The van der Waals surface area contributed by atoms with E-state index in [-0.39, 0.29) is 16.7 Å². The fourth-order valence-electron chi connectivity index (χ4n) is 1.31. The van der Waals surface area contributed by atoms with Crippen LogP contribution in [0.3, 0.4) is 0 Å². The number of anilines is 1. The van der Waals surface area contributed by atoms with Crippen molar-refractivity contribution in [3.05, 3.63) is 33.9 Å². The minimum absolute atomic E-state index is 0.128. The van der Waals surface area contributed by atoms with Crippen LogP contribution in [-0.2, 0) is 0 Å². The van der Waals surface area contributed by atoms with Crippen molar-refractivity contribution >= 4 is 11.4 Å². The van der Waals surface area contributed by atoms with Crippen molar-refractivity contribution in [3.63, 3.8) is 0 Å². The molecule has 5 nitrogen and oxygen atoms in total. The zero-order chi connectivity index (χ0) is 12.1. The summed E-state index contributed by atoms with van der Waals surface area (Å²) in [4.78, 5) is 10.5. The van der Waals surface area contributed by atoms with Crippen LogP contribution in [0.5, 0.6) is 0 Å². The predicted molar refractivity (Wildman–Crippen MR) is 64.8 cm³/mol. The first-order chi connectivity index (χ1) is 7.54. The summed E-state index contributed by atoms with van der Waals surface area (Å²) in [6.45, 7) is 4.50. The molecule has 0 spiro atoms.